The van der Waals surface area contributed by atoms with E-state index in [1.165, 1.54) is 6.04 Å². The van der Waals surface area contributed by atoms with Crippen molar-refractivity contribution in [2.75, 3.05) is 6.61 Å². The molecule has 3 heterocycles. The van der Waals surface area contributed by atoms with Gasteiger partial charge in [0.05, 0.1) is 22.9 Å². The van der Waals surface area contributed by atoms with Gasteiger partial charge in [-0.05, 0) is 35.9 Å². The molecule has 0 atom stereocenters. The molecule has 0 unspecified atom stereocenters. The van der Waals surface area contributed by atoms with Gasteiger partial charge in [-0.1, -0.05) is 31.8 Å². The quantitative estimate of drug-likeness (QED) is 0.369. The van der Waals surface area contributed by atoms with E-state index in [4.69, 9.17) is 4.74 Å². The highest BCUT2D eigenvalue weighted by Gasteiger charge is 2.12. The Morgan fingerprint density at radius 1 is 1.04 bits per heavy atom. The second-order valence-corrected chi connectivity index (χ2v) is 13.5. The fourth-order valence-electron chi connectivity index (χ4n) is 2.97. The van der Waals surface area contributed by atoms with Crippen molar-refractivity contribution < 1.29 is 4.74 Å². The minimum atomic E-state index is -1.05. The monoisotopic (exact) mass is 364 g/mol. The van der Waals surface area contributed by atoms with Crippen LogP contribution in [0.1, 0.15) is 0 Å². The summed E-state index contributed by atoms with van der Waals surface area (Å²) in [5.41, 5.74) is 5.44. The molecule has 0 aliphatic rings. The van der Waals surface area contributed by atoms with Gasteiger partial charge in [-0.2, -0.15) is 5.10 Å². The predicted octanol–water partition coefficient (Wildman–Crippen LogP) is 4.66. The molecule has 0 radical (unpaired) electrons. The molecular formula is C20H24N4OSi. The molecule has 0 aliphatic carbocycles. The Labute approximate surface area is 154 Å². The number of rotatable bonds is 6. The van der Waals surface area contributed by atoms with Crippen LogP contribution < -0.4 is 0 Å². The molecule has 0 aliphatic heterocycles. The highest BCUT2D eigenvalue weighted by molar-refractivity contribution is 6.76. The summed E-state index contributed by atoms with van der Waals surface area (Å²) in [5, 5.41) is 4.31. The lowest BCUT2D eigenvalue weighted by molar-refractivity contribution is 0.0898. The standard InChI is InChI=1S/C20H24N4OSi/c1-26(2,3)11-10-25-15-23-14-21-19-12-16(5-7-20(19)23)17-4-6-18-8-9-22-24(18)13-17/h4-9,12-14H,10-11,15H2,1-3H3. The number of hydrogen-bond acceptors (Lipinski definition) is 3. The summed E-state index contributed by atoms with van der Waals surface area (Å²) < 4.78 is 9.83. The molecule has 0 saturated carbocycles. The molecule has 4 aromatic rings. The van der Waals surface area contributed by atoms with Crippen molar-refractivity contribution >= 4 is 24.6 Å². The highest BCUT2D eigenvalue weighted by Crippen LogP contribution is 2.24. The van der Waals surface area contributed by atoms with Crippen molar-refractivity contribution in [3.05, 3.63) is 55.1 Å². The maximum Gasteiger partial charge on any atom is 0.124 e. The largest absolute Gasteiger partial charge is 0.361 e. The Morgan fingerprint density at radius 3 is 2.73 bits per heavy atom. The molecule has 0 N–H and O–H groups in total. The minimum Gasteiger partial charge on any atom is -0.361 e. The summed E-state index contributed by atoms with van der Waals surface area (Å²) >= 11 is 0. The fourth-order valence-corrected chi connectivity index (χ4v) is 3.73. The molecule has 26 heavy (non-hydrogen) atoms. The Hall–Kier alpha value is -2.44. The maximum atomic E-state index is 5.86. The van der Waals surface area contributed by atoms with Crippen LogP contribution in [0.5, 0.6) is 0 Å². The van der Waals surface area contributed by atoms with Crippen molar-refractivity contribution in [1.29, 1.82) is 0 Å². The number of nitrogens with zero attached hydrogens (tertiary/aromatic N) is 4. The third kappa shape index (κ3) is 3.56. The van der Waals surface area contributed by atoms with Gasteiger partial charge in [0.2, 0.25) is 0 Å². The van der Waals surface area contributed by atoms with E-state index in [0.717, 1.165) is 34.3 Å². The van der Waals surface area contributed by atoms with Gasteiger partial charge in [0, 0.05) is 32.6 Å². The predicted molar refractivity (Wildman–Crippen MR) is 108 cm³/mol. The van der Waals surface area contributed by atoms with Crippen molar-refractivity contribution in [2.24, 2.45) is 0 Å². The van der Waals surface area contributed by atoms with Crippen LogP contribution in [0.2, 0.25) is 25.7 Å². The Bertz CT molecular complexity index is 1040. The van der Waals surface area contributed by atoms with Crippen LogP contribution in [0.3, 0.4) is 0 Å². The van der Waals surface area contributed by atoms with Crippen LogP contribution >= 0.6 is 0 Å². The van der Waals surface area contributed by atoms with Gasteiger partial charge in [0.1, 0.15) is 6.73 Å². The summed E-state index contributed by atoms with van der Waals surface area (Å²) in [4.78, 5) is 4.55. The molecule has 5 nitrogen and oxygen atoms in total. The Kier molecular flexibility index (Phi) is 4.38. The molecule has 0 amide bonds. The van der Waals surface area contributed by atoms with E-state index in [1.54, 1.807) is 0 Å². The second-order valence-electron chi connectivity index (χ2n) is 7.88. The summed E-state index contributed by atoms with van der Waals surface area (Å²) in [7, 11) is -1.05. The average Bonchev–Trinajstić information content (AvgIpc) is 3.23. The molecule has 3 aromatic heterocycles. The SMILES string of the molecule is C[Si](C)(C)CCOCn1cnc2cc(-c3ccc4ccnn4c3)ccc21. The fraction of sp³-hybridized carbons (Fsp3) is 0.300. The number of pyridine rings is 1. The molecule has 0 saturated heterocycles. The van der Waals surface area contributed by atoms with E-state index < -0.39 is 8.07 Å². The molecule has 0 bridgehead atoms. The maximum absolute atomic E-state index is 5.86. The molecule has 0 spiro atoms. The van der Waals surface area contributed by atoms with E-state index in [2.05, 4.69) is 64.6 Å². The zero-order valence-electron chi connectivity index (χ0n) is 15.5. The van der Waals surface area contributed by atoms with Gasteiger partial charge in [0.25, 0.3) is 0 Å². The van der Waals surface area contributed by atoms with E-state index in [9.17, 15) is 0 Å². The average molecular weight is 365 g/mol. The van der Waals surface area contributed by atoms with Gasteiger partial charge in [0.15, 0.2) is 0 Å². The van der Waals surface area contributed by atoms with Crippen molar-refractivity contribution in [1.82, 2.24) is 19.2 Å². The van der Waals surface area contributed by atoms with Crippen molar-refractivity contribution in [3.8, 4) is 11.1 Å². The Balaban J connectivity index is 1.53. The number of ether oxygens (including phenoxy) is 1. The van der Waals surface area contributed by atoms with Gasteiger partial charge in [-0.3, -0.25) is 0 Å². The van der Waals surface area contributed by atoms with E-state index in [1.807, 2.05) is 29.3 Å². The van der Waals surface area contributed by atoms with Crippen LogP contribution in [-0.2, 0) is 11.5 Å². The van der Waals surface area contributed by atoms with Crippen LogP contribution in [0.25, 0.3) is 27.7 Å². The first-order chi connectivity index (χ1) is 12.5. The number of imidazole rings is 1. The van der Waals surface area contributed by atoms with Crippen LogP contribution in [0.4, 0.5) is 0 Å². The first-order valence-electron chi connectivity index (χ1n) is 8.96. The third-order valence-electron chi connectivity index (χ3n) is 4.58. The lowest BCUT2D eigenvalue weighted by Gasteiger charge is -2.15. The van der Waals surface area contributed by atoms with Crippen LogP contribution in [0, 0.1) is 0 Å². The second kappa shape index (κ2) is 6.70. The molecule has 6 heteroatoms. The minimum absolute atomic E-state index is 0.555. The lowest BCUT2D eigenvalue weighted by Crippen LogP contribution is -2.21. The Morgan fingerprint density at radius 2 is 1.88 bits per heavy atom. The molecule has 4 rings (SSSR count). The number of hydrogen-bond donors (Lipinski definition) is 0. The van der Waals surface area contributed by atoms with E-state index in [-0.39, 0.29) is 0 Å². The number of fused-ring (bicyclic) bond motifs is 2. The van der Waals surface area contributed by atoms with Gasteiger partial charge in [-0.15, -0.1) is 0 Å². The topological polar surface area (TPSA) is 44.3 Å². The van der Waals surface area contributed by atoms with Gasteiger partial charge >= 0.3 is 0 Å². The first-order valence-corrected chi connectivity index (χ1v) is 12.7. The highest BCUT2D eigenvalue weighted by atomic mass is 28.3. The summed E-state index contributed by atoms with van der Waals surface area (Å²) in [5.74, 6) is 0. The molecule has 1 aromatic carbocycles. The zero-order valence-corrected chi connectivity index (χ0v) is 16.5. The molecule has 0 fully saturated rings. The number of aromatic nitrogens is 4. The summed E-state index contributed by atoms with van der Waals surface area (Å²) in [6.07, 6.45) is 5.72. The normalized spacial score (nSPS) is 12.3. The molecule has 134 valence electrons. The van der Waals surface area contributed by atoms with Crippen molar-refractivity contribution in [2.45, 2.75) is 32.4 Å². The van der Waals surface area contributed by atoms with Crippen LogP contribution in [0.15, 0.2) is 55.1 Å². The van der Waals surface area contributed by atoms with Crippen LogP contribution in [-0.4, -0.2) is 33.8 Å². The van der Waals surface area contributed by atoms with Gasteiger partial charge < -0.3 is 9.30 Å². The summed E-state index contributed by atoms with van der Waals surface area (Å²) in [6, 6.07) is 13.8. The molecular weight excluding hydrogens is 340 g/mol. The van der Waals surface area contributed by atoms with E-state index in [0.29, 0.717) is 6.73 Å². The lowest BCUT2D eigenvalue weighted by atomic mass is 10.1. The zero-order chi connectivity index (χ0) is 18.1. The summed E-state index contributed by atoms with van der Waals surface area (Å²) in [6.45, 7) is 8.47. The van der Waals surface area contributed by atoms with Crippen molar-refractivity contribution in [3.63, 3.8) is 0 Å². The smallest absolute Gasteiger partial charge is 0.124 e. The number of benzene rings is 1. The van der Waals surface area contributed by atoms with E-state index >= 15 is 0 Å². The third-order valence-corrected chi connectivity index (χ3v) is 6.28. The van der Waals surface area contributed by atoms with Gasteiger partial charge in [-0.25, -0.2) is 9.50 Å². The first kappa shape index (κ1) is 17.0.